The number of rotatable bonds is 3. The molecule has 1 aromatic rings. The molecule has 0 unspecified atom stereocenters. The third kappa shape index (κ3) is 4.19. The van der Waals surface area contributed by atoms with Gasteiger partial charge >= 0.3 is 18.4 Å². The minimum atomic E-state index is -4.92. The number of benzene rings is 1. The van der Waals surface area contributed by atoms with Crippen LogP contribution >= 0.6 is 0 Å². The van der Waals surface area contributed by atoms with Gasteiger partial charge in [-0.3, -0.25) is 4.90 Å². The quantitative estimate of drug-likeness (QED) is 0.695. The second-order valence-electron chi connectivity index (χ2n) is 6.38. The highest BCUT2D eigenvalue weighted by molar-refractivity contribution is 5.70. The summed E-state index contributed by atoms with van der Waals surface area (Å²) < 4.78 is 82.5. The lowest BCUT2D eigenvalue weighted by Gasteiger charge is -2.23. The summed E-state index contributed by atoms with van der Waals surface area (Å²) >= 11 is 0. The normalized spacial score (nSPS) is 21.8. The molecule has 0 spiro atoms. The summed E-state index contributed by atoms with van der Waals surface area (Å²) in [6.07, 6.45) is -11.1. The number of carbonyl (C=O) groups excluding carboxylic acids is 1. The number of halogens is 6. The number of amides is 1. The number of hydrogen-bond acceptors (Lipinski definition) is 2. The molecule has 0 bridgehead atoms. The predicted molar refractivity (Wildman–Crippen MR) is 76.6 cm³/mol. The summed E-state index contributed by atoms with van der Waals surface area (Å²) in [5, 5.41) is 0. The zero-order valence-electron chi connectivity index (χ0n) is 13.7. The number of nitrogens with zero attached hydrogens (tertiary/aromatic N) is 1. The highest BCUT2D eigenvalue weighted by Gasteiger charge is 2.41. The van der Waals surface area contributed by atoms with E-state index in [4.69, 9.17) is 4.74 Å². The molecular weight excluding hydrogens is 352 g/mol. The van der Waals surface area contributed by atoms with Crippen LogP contribution in [-0.4, -0.2) is 23.1 Å². The third-order valence-electron chi connectivity index (χ3n) is 4.10. The van der Waals surface area contributed by atoms with Crippen molar-refractivity contribution in [1.29, 1.82) is 0 Å². The molecule has 1 amide bonds. The van der Waals surface area contributed by atoms with Crippen molar-refractivity contribution in [3.05, 3.63) is 34.9 Å². The zero-order chi connectivity index (χ0) is 19.2. The summed E-state index contributed by atoms with van der Waals surface area (Å²) in [5.74, 6) is -0.0313. The first-order valence-corrected chi connectivity index (χ1v) is 7.56. The number of hydrogen-bond donors (Lipinski definition) is 0. The Balaban J connectivity index is 2.37. The monoisotopic (exact) mass is 369 g/mol. The second kappa shape index (κ2) is 6.42. The van der Waals surface area contributed by atoms with Gasteiger partial charge in [-0.15, -0.1) is 0 Å². The molecule has 1 aliphatic heterocycles. The van der Waals surface area contributed by atoms with Crippen LogP contribution in [0.3, 0.4) is 0 Å². The van der Waals surface area contributed by atoms with E-state index in [1.807, 2.05) is 13.8 Å². The number of alkyl halides is 6. The molecule has 1 aliphatic rings. The zero-order valence-corrected chi connectivity index (χ0v) is 13.7. The molecule has 1 aromatic carbocycles. The number of ether oxygens (including phenoxy) is 1. The van der Waals surface area contributed by atoms with Crippen molar-refractivity contribution >= 4 is 6.09 Å². The van der Waals surface area contributed by atoms with Crippen LogP contribution in [0, 0.1) is 5.92 Å². The minimum Gasteiger partial charge on any atom is -0.444 e. The molecule has 0 aliphatic carbocycles. The molecule has 2 rings (SSSR count). The van der Waals surface area contributed by atoms with E-state index in [1.54, 1.807) is 6.92 Å². The second-order valence-corrected chi connectivity index (χ2v) is 6.38. The fraction of sp³-hybridized carbons (Fsp3) is 0.562. The fourth-order valence-corrected chi connectivity index (χ4v) is 2.84. The molecule has 0 saturated carbocycles. The van der Waals surface area contributed by atoms with Gasteiger partial charge < -0.3 is 4.74 Å². The van der Waals surface area contributed by atoms with Crippen LogP contribution in [0.5, 0.6) is 0 Å². The van der Waals surface area contributed by atoms with Crippen LogP contribution < -0.4 is 0 Å². The minimum absolute atomic E-state index is 0.0313. The van der Waals surface area contributed by atoms with Gasteiger partial charge in [0.1, 0.15) is 6.10 Å². The molecular formula is C16H17F6NO2. The Morgan fingerprint density at radius 3 is 1.88 bits per heavy atom. The Morgan fingerprint density at radius 2 is 1.52 bits per heavy atom. The van der Waals surface area contributed by atoms with Gasteiger partial charge in [0.25, 0.3) is 0 Å². The Labute approximate surface area is 140 Å². The van der Waals surface area contributed by atoms with Crippen molar-refractivity contribution in [1.82, 2.24) is 4.90 Å². The topological polar surface area (TPSA) is 29.5 Å². The maximum absolute atomic E-state index is 12.9. The van der Waals surface area contributed by atoms with Gasteiger partial charge in [0, 0.05) is 6.54 Å². The average Bonchev–Trinajstić information content (AvgIpc) is 2.73. The van der Waals surface area contributed by atoms with Crippen LogP contribution in [0.4, 0.5) is 31.1 Å². The van der Waals surface area contributed by atoms with E-state index < -0.39 is 48.3 Å². The lowest BCUT2D eigenvalue weighted by Crippen LogP contribution is -2.35. The van der Waals surface area contributed by atoms with E-state index in [1.165, 1.54) is 0 Å². The van der Waals surface area contributed by atoms with E-state index >= 15 is 0 Å². The van der Waals surface area contributed by atoms with Gasteiger partial charge in [0.15, 0.2) is 0 Å². The standard InChI is InChI=1S/C16H17F6NO2/c1-8(2)13-9(3)23(14(24)25-13)7-10-4-11(15(17,18)19)6-12(5-10)16(20,21)22/h4-6,8-9,13H,7H2,1-3H3/t9-,13-/m1/s1. The van der Waals surface area contributed by atoms with E-state index in [0.29, 0.717) is 12.1 Å². The molecule has 0 aromatic heterocycles. The summed E-state index contributed by atoms with van der Waals surface area (Å²) in [7, 11) is 0. The first-order chi connectivity index (χ1) is 11.3. The van der Waals surface area contributed by atoms with Crippen LogP contribution in [0.15, 0.2) is 18.2 Å². The third-order valence-corrected chi connectivity index (χ3v) is 4.10. The highest BCUT2D eigenvalue weighted by atomic mass is 19.4. The van der Waals surface area contributed by atoms with Crippen molar-refractivity contribution in [3.8, 4) is 0 Å². The van der Waals surface area contributed by atoms with Crippen molar-refractivity contribution in [2.75, 3.05) is 0 Å². The van der Waals surface area contributed by atoms with Crippen LogP contribution in [-0.2, 0) is 23.6 Å². The highest BCUT2D eigenvalue weighted by Crippen LogP contribution is 2.37. The maximum atomic E-state index is 12.9. The molecule has 3 nitrogen and oxygen atoms in total. The van der Waals surface area contributed by atoms with Crippen molar-refractivity contribution in [2.45, 2.75) is 51.8 Å². The first-order valence-electron chi connectivity index (χ1n) is 7.56. The van der Waals surface area contributed by atoms with Gasteiger partial charge in [0.05, 0.1) is 17.2 Å². The summed E-state index contributed by atoms with van der Waals surface area (Å²) in [6, 6.07) is 0.846. The Kier molecular flexibility index (Phi) is 4.98. The Bertz CT molecular complexity index is 621. The lowest BCUT2D eigenvalue weighted by atomic mass is 10.00. The van der Waals surface area contributed by atoms with Crippen LogP contribution in [0.25, 0.3) is 0 Å². The summed E-state index contributed by atoms with van der Waals surface area (Å²) in [4.78, 5) is 13.1. The molecule has 2 atom stereocenters. The molecule has 1 saturated heterocycles. The largest absolute Gasteiger partial charge is 0.444 e. The van der Waals surface area contributed by atoms with Gasteiger partial charge in [-0.25, -0.2) is 4.79 Å². The molecule has 1 fully saturated rings. The summed E-state index contributed by atoms with van der Waals surface area (Å²) in [5.41, 5.74) is -3.06. The Morgan fingerprint density at radius 1 is 1.04 bits per heavy atom. The van der Waals surface area contributed by atoms with Crippen LogP contribution in [0.1, 0.15) is 37.5 Å². The van der Waals surface area contributed by atoms with Gasteiger partial charge in [0.2, 0.25) is 0 Å². The predicted octanol–water partition coefficient (Wildman–Crippen LogP) is 5.09. The fourth-order valence-electron chi connectivity index (χ4n) is 2.84. The van der Waals surface area contributed by atoms with E-state index in [-0.39, 0.29) is 17.5 Å². The van der Waals surface area contributed by atoms with E-state index in [2.05, 4.69) is 0 Å². The van der Waals surface area contributed by atoms with Crippen molar-refractivity contribution in [3.63, 3.8) is 0 Å². The average molecular weight is 369 g/mol. The number of carbonyl (C=O) groups is 1. The van der Waals surface area contributed by atoms with Crippen molar-refractivity contribution < 1.29 is 35.9 Å². The lowest BCUT2D eigenvalue weighted by molar-refractivity contribution is -0.143. The Hall–Kier alpha value is -1.93. The molecule has 0 radical (unpaired) electrons. The van der Waals surface area contributed by atoms with Gasteiger partial charge in [-0.2, -0.15) is 26.3 Å². The van der Waals surface area contributed by atoms with E-state index in [0.717, 1.165) is 4.90 Å². The number of cyclic esters (lactones) is 1. The van der Waals surface area contributed by atoms with Crippen molar-refractivity contribution in [2.24, 2.45) is 5.92 Å². The smallest absolute Gasteiger partial charge is 0.416 e. The summed E-state index contributed by atoms with van der Waals surface area (Å²) in [6.45, 7) is 4.87. The molecule has 1 heterocycles. The first kappa shape index (κ1) is 19.4. The van der Waals surface area contributed by atoms with Gasteiger partial charge in [-0.05, 0) is 36.6 Å². The van der Waals surface area contributed by atoms with Crippen LogP contribution in [0.2, 0.25) is 0 Å². The maximum Gasteiger partial charge on any atom is 0.416 e. The molecule has 9 heteroatoms. The SMILES string of the molecule is CC(C)[C@H]1OC(=O)N(Cc2cc(C(F)(F)F)cc(C(F)(F)F)c2)[C@@H]1C. The van der Waals surface area contributed by atoms with Gasteiger partial charge in [-0.1, -0.05) is 13.8 Å². The molecule has 140 valence electrons. The molecule has 0 N–H and O–H groups in total. The van der Waals surface area contributed by atoms with E-state index in [9.17, 15) is 31.1 Å². The molecule has 25 heavy (non-hydrogen) atoms.